The van der Waals surface area contributed by atoms with Gasteiger partial charge in [-0.05, 0) is 40.5 Å². The highest BCUT2D eigenvalue weighted by atomic mass is 127. The molecule has 0 N–H and O–H groups in total. The molecule has 0 spiro atoms. The van der Waals surface area contributed by atoms with Crippen LogP contribution in [0.1, 0.15) is 40.5 Å². The minimum absolute atomic E-state index is 0.145. The topological polar surface area (TPSA) is 27.7 Å². The predicted molar refractivity (Wildman–Crippen MR) is 72.9 cm³/mol. The first kappa shape index (κ1) is 13.1. The van der Waals surface area contributed by atoms with Crippen LogP contribution in [0.25, 0.3) is 0 Å². The van der Waals surface area contributed by atoms with E-state index in [0.717, 1.165) is 19.4 Å². The fraction of sp³-hybridized carbons (Fsp3) is 1.00. The fourth-order valence-corrected chi connectivity index (χ4v) is 2.91. The SMILES string of the molecule is CC1(C)OB([C@@H](I)[C@@H]2CCCO2)OC1(C)C. The molecule has 0 aliphatic carbocycles. The van der Waals surface area contributed by atoms with Crippen molar-refractivity contribution >= 4 is 29.7 Å². The second-order valence-corrected chi connectivity index (χ2v) is 7.06. The predicted octanol–water partition coefficient (Wildman–Crippen LogP) is 2.60. The lowest BCUT2D eigenvalue weighted by molar-refractivity contribution is 0.00578. The number of hydrogen-bond donors (Lipinski definition) is 0. The summed E-state index contributed by atoms with van der Waals surface area (Å²) in [6, 6.07) is 0. The Kier molecular flexibility index (Phi) is 3.61. The van der Waals surface area contributed by atoms with Gasteiger partial charge >= 0.3 is 7.12 Å². The first-order chi connectivity index (χ1) is 7.33. The largest absolute Gasteiger partial charge is 0.474 e. The van der Waals surface area contributed by atoms with E-state index in [-0.39, 0.29) is 28.2 Å². The van der Waals surface area contributed by atoms with E-state index in [9.17, 15) is 0 Å². The van der Waals surface area contributed by atoms with Crippen LogP contribution >= 0.6 is 22.6 Å². The standard InChI is InChI=1S/C11H20BIO3/c1-10(2)11(3,4)16-12(15-10)9(13)8-6-5-7-14-8/h8-9H,5-7H2,1-4H3/t8-,9-/m0/s1. The van der Waals surface area contributed by atoms with Gasteiger partial charge in [0.15, 0.2) is 0 Å². The van der Waals surface area contributed by atoms with Crippen LogP contribution in [0.2, 0.25) is 0 Å². The molecule has 2 fully saturated rings. The maximum atomic E-state index is 6.03. The van der Waals surface area contributed by atoms with Crippen LogP contribution < -0.4 is 0 Å². The van der Waals surface area contributed by atoms with Crippen molar-refractivity contribution in [2.24, 2.45) is 0 Å². The summed E-state index contributed by atoms with van der Waals surface area (Å²) in [4.78, 5) is 0. The lowest BCUT2D eigenvalue weighted by Gasteiger charge is -2.32. The van der Waals surface area contributed by atoms with Crippen LogP contribution in [0.15, 0.2) is 0 Å². The second-order valence-electron chi connectivity index (χ2n) is 5.62. The zero-order chi connectivity index (χ0) is 12.0. The molecule has 16 heavy (non-hydrogen) atoms. The molecule has 2 rings (SSSR count). The van der Waals surface area contributed by atoms with Crippen molar-refractivity contribution in [2.45, 2.75) is 61.7 Å². The minimum Gasteiger partial charge on any atom is -0.402 e. The summed E-state index contributed by atoms with van der Waals surface area (Å²) in [5.41, 5.74) is -0.473. The number of hydrogen-bond acceptors (Lipinski definition) is 3. The van der Waals surface area contributed by atoms with Gasteiger partial charge in [-0.3, -0.25) is 0 Å². The van der Waals surface area contributed by atoms with Crippen molar-refractivity contribution in [3.8, 4) is 0 Å². The molecular weight excluding hydrogens is 318 g/mol. The Bertz CT molecular complexity index is 248. The number of alkyl halides is 1. The van der Waals surface area contributed by atoms with Crippen LogP contribution in [-0.2, 0) is 14.0 Å². The average molecular weight is 338 g/mol. The molecule has 5 heteroatoms. The molecule has 0 amide bonds. The second kappa shape index (κ2) is 4.41. The van der Waals surface area contributed by atoms with E-state index in [1.54, 1.807) is 0 Å². The van der Waals surface area contributed by atoms with Crippen molar-refractivity contribution in [1.82, 2.24) is 0 Å². The fourth-order valence-electron chi connectivity index (χ4n) is 2.05. The summed E-state index contributed by atoms with van der Waals surface area (Å²) in [5.74, 6) is 0. The summed E-state index contributed by atoms with van der Waals surface area (Å²) in [6.07, 6.45) is 2.57. The zero-order valence-electron chi connectivity index (χ0n) is 10.5. The first-order valence-electron chi connectivity index (χ1n) is 5.95. The van der Waals surface area contributed by atoms with Gasteiger partial charge in [-0.15, -0.1) is 0 Å². The molecule has 92 valence electrons. The van der Waals surface area contributed by atoms with Crippen molar-refractivity contribution in [3.05, 3.63) is 0 Å². The number of ether oxygens (including phenoxy) is 1. The van der Waals surface area contributed by atoms with Gasteiger partial charge in [0.05, 0.1) is 21.1 Å². The molecule has 2 heterocycles. The molecule has 2 saturated heterocycles. The Morgan fingerprint density at radius 2 is 1.75 bits per heavy atom. The molecular formula is C11H20BIO3. The number of halogens is 1. The van der Waals surface area contributed by atoms with Gasteiger partial charge in [-0.1, -0.05) is 22.6 Å². The lowest BCUT2D eigenvalue weighted by Crippen LogP contribution is -2.41. The lowest BCUT2D eigenvalue weighted by atomic mass is 9.81. The molecule has 0 aromatic carbocycles. The van der Waals surface area contributed by atoms with Gasteiger partial charge in [0, 0.05) is 6.61 Å². The van der Waals surface area contributed by atoms with E-state index < -0.39 is 0 Å². The molecule has 0 aromatic rings. The summed E-state index contributed by atoms with van der Waals surface area (Å²) in [5, 5.41) is 0. The minimum atomic E-state index is -0.236. The third kappa shape index (κ3) is 2.28. The van der Waals surface area contributed by atoms with Crippen LogP contribution in [0, 0.1) is 0 Å². The summed E-state index contributed by atoms with van der Waals surface area (Å²) in [6.45, 7) is 9.24. The monoisotopic (exact) mass is 338 g/mol. The molecule has 0 radical (unpaired) electrons. The Morgan fingerprint density at radius 1 is 1.19 bits per heavy atom. The van der Waals surface area contributed by atoms with Crippen molar-refractivity contribution < 1.29 is 14.0 Å². The van der Waals surface area contributed by atoms with Gasteiger partial charge in [0.2, 0.25) is 0 Å². The zero-order valence-corrected chi connectivity index (χ0v) is 12.6. The van der Waals surface area contributed by atoms with Crippen LogP contribution in [0.3, 0.4) is 0 Å². The maximum Gasteiger partial charge on any atom is 0.474 e. The van der Waals surface area contributed by atoms with Gasteiger partial charge in [0.1, 0.15) is 0 Å². The van der Waals surface area contributed by atoms with Gasteiger partial charge in [-0.25, -0.2) is 0 Å². The molecule has 2 aliphatic rings. The normalized spacial score (nSPS) is 34.3. The van der Waals surface area contributed by atoms with Crippen molar-refractivity contribution in [2.75, 3.05) is 6.61 Å². The van der Waals surface area contributed by atoms with E-state index in [0.29, 0.717) is 0 Å². The maximum absolute atomic E-state index is 6.03. The summed E-state index contributed by atoms with van der Waals surface area (Å²) in [7, 11) is -0.145. The molecule has 0 bridgehead atoms. The highest BCUT2D eigenvalue weighted by Gasteiger charge is 2.54. The molecule has 0 unspecified atom stereocenters. The third-order valence-electron chi connectivity index (χ3n) is 3.85. The first-order valence-corrected chi connectivity index (χ1v) is 7.19. The average Bonchev–Trinajstić information content (AvgIpc) is 2.72. The van der Waals surface area contributed by atoms with E-state index in [1.807, 2.05) is 0 Å². The Labute approximate surface area is 112 Å². The van der Waals surface area contributed by atoms with E-state index >= 15 is 0 Å². The molecule has 3 nitrogen and oxygen atoms in total. The van der Waals surface area contributed by atoms with E-state index in [4.69, 9.17) is 14.0 Å². The Balaban J connectivity index is 2.02. The van der Waals surface area contributed by atoms with Gasteiger partial charge in [0.25, 0.3) is 0 Å². The smallest absolute Gasteiger partial charge is 0.402 e. The Hall–Kier alpha value is 0.675. The molecule has 2 atom stereocenters. The molecule has 0 saturated carbocycles. The quantitative estimate of drug-likeness (QED) is 0.440. The third-order valence-corrected chi connectivity index (χ3v) is 5.24. The summed E-state index contributed by atoms with van der Waals surface area (Å²) < 4.78 is 18.0. The molecule has 0 aromatic heterocycles. The molecule has 2 aliphatic heterocycles. The van der Waals surface area contributed by atoms with E-state index in [1.165, 1.54) is 0 Å². The van der Waals surface area contributed by atoms with Crippen LogP contribution in [0.4, 0.5) is 0 Å². The van der Waals surface area contributed by atoms with Gasteiger partial charge < -0.3 is 14.0 Å². The highest BCUT2D eigenvalue weighted by molar-refractivity contribution is 14.1. The van der Waals surface area contributed by atoms with Crippen LogP contribution in [0.5, 0.6) is 0 Å². The van der Waals surface area contributed by atoms with Crippen molar-refractivity contribution in [3.63, 3.8) is 0 Å². The van der Waals surface area contributed by atoms with Gasteiger partial charge in [-0.2, -0.15) is 0 Å². The number of rotatable bonds is 2. The highest BCUT2D eigenvalue weighted by Crippen LogP contribution is 2.40. The Morgan fingerprint density at radius 3 is 2.19 bits per heavy atom. The van der Waals surface area contributed by atoms with Crippen molar-refractivity contribution in [1.29, 1.82) is 0 Å². The summed E-state index contributed by atoms with van der Waals surface area (Å²) >= 11 is 2.40. The van der Waals surface area contributed by atoms with E-state index in [2.05, 4.69) is 50.3 Å². The van der Waals surface area contributed by atoms with Crippen LogP contribution in [-0.4, -0.2) is 34.9 Å².